The molecule has 2 heterocycles. The molecule has 0 bridgehead atoms. The molecule has 2 N–H and O–H groups in total. The highest BCUT2D eigenvalue weighted by atomic mass is 16.4. The van der Waals surface area contributed by atoms with Crippen LogP contribution in [0.15, 0.2) is 40.8 Å². The molecule has 0 fully saturated rings. The molecule has 0 unspecified atom stereocenters. The van der Waals surface area contributed by atoms with Gasteiger partial charge in [-0.15, -0.1) is 0 Å². The van der Waals surface area contributed by atoms with E-state index in [4.69, 9.17) is 4.42 Å². The number of aromatic nitrogens is 2. The van der Waals surface area contributed by atoms with Gasteiger partial charge in [-0.1, -0.05) is 12.1 Å². The van der Waals surface area contributed by atoms with E-state index in [1.807, 2.05) is 47.9 Å². The minimum Gasteiger partial charge on any atom is -0.446 e. The van der Waals surface area contributed by atoms with E-state index in [-0.39, 0.29) is 6.61 Å². The first-order valence-electron chi connectivity index (χ1n) is 6.17. The van der Waals surface area contributed by atoms with Crippen LogP contribution >= 0.6 is 0 Å². The van der Waals surface area contributed by atoms with Crippen molar-refractivity contribution in [1.29, 1.82) is 0 Å². The highest BCUT2D eigenvalue weighted by molar-refractivity contribution is 5.79. The highest BCUT2D eigenvalue weighted by Gasteiger charge is 2.11. The molecular formula is C14H15N3O2. The number of para-hydroxylation sites is 2. The predicted octanol–water partition coefficient (Wildman–Crippen LogP) is 2.67. The fraction of sp³-hybridized carbons (Fsp3) is 0.214. The average Bonchev–Trinajstić information content (AvgIpc) is 2.96. The summed E-state index contributed by atoms with van der Waals surface area (Å²) in [6.07, 6.45) is 0. The molecule has 3 aromatic rings. The Kier molecular flexibility index (Phi) is 2.97. The molecule has 1 aromatic carbocycles. The average molecular weight is 257 g/mol. The summed E-state index contributed by atoms with van der Waals surface area (Å²) in [4.78, 5) is 4.52. The molecule has 0 spiro atoms. The maximum atomic E-state index is 9.19. The van der Waals surface area contributed by atoms with Crippen LogP contribution in [0.2, 0.25) is 0 Å². The van der Waals surface area contributed by atoms with E-state index in [0.29, 0.717) is 18.4 Å². The topological polar surface area (TPSA) is 63.2 Å². The van der Waals surface area contributed by atoms with Gasteiger partial charge in [-0.2, -0.15) is 0 Å². The number of rotatable bonds is 4. The van der Waals surface area contributed by atoms with E-state index in [0.717, 1.165) is 16.8 Å². The summed E-state index contributed by atoms with van der Waals surface area (Å²) in [7, 11) is 0. The number of nitrogens with zero attached hydrogens (tertiary/aromatic N) is 2. The van der Waals surface area contributed by atoms with Gasteiger partial charge in [0.2, 0.25) is 5.95 Å². The van der Waals surface area contributed by atoms with Crippen LogP contribution in [0, 0.1) is 6.92 Å². The molecule has 0 saturated carbocycles. The Hall–Kier alpha value is -2.27. The molecule has 0 saturated heterocycles. The molecular weight excluding hydrogens is 242 g/mol. The number of hydrogen-bond donors (Lipinski definition) is 2. The smallest absolute Gasteiger partial charge is 0.210 e. The number of furan rings is 1. The van der Waals surface area contributed by atoms with Gasteiger partial charge >= 0.3 is 0 Å². The molecule has 2 aromatic heterocycles. The summed E-state index contributed by atoms with van der Waals surface area (Å²) < 4.78 is 7.43. The second-order valence-corrected chi connectivity index (χ2v) is 4.33. The zero-order valence-corrected chi connectivity index (χ0v) is 10.6. The van der Waals surface area contributed by atoms with Gasteiger partial charge in [0.15, 0.2) is 5.88 Å². The molecule has 19 heavy (non-hydrogen) atoms. The van der Waals surface area contributed by atoms with Crippen molar-refractivity contribution in [2.45, 2.75) is 13.5 Å². The molecule has 0 atom stereocenters. The van der Waals surface area contributed by atoms with Crippen molar-refractivity contribution in [3.8, 4) is 0 Å². The second kappa shape index (κ2) is 4.78. The Bertz CT molecular complexity index is 700. The lowest BCUT2D eigenvalue weighted by atomic mass is 10.3. The Morgan fingerprint density at radius 1 is 1.26 bits per heavy atom. The van der Waals surface area contributed by atoms with Crippen molar-refractivity contribution in [2.24, 2.45) is 0 Å². The summed E-state index contributed by atoms with van der Waals surface area (Å²) in [6.45, 7) is 2.44. The number of anilines is 2. The standard InChI is InChI=1S/C14H15N3O2/c1-10-6-7-13(19-10)16-14-15-11-4-2-3-5-12(11)17(14)8-9-18/h2-7,18H,8-9H2,1H3,(H,15,16). The van der Waals surface area contributed by atoms with Crippen molar-refractivity contribution in [3.05, 3.63) is 42.2 Å². The number of nitrogens with one attached hydrogen (secondary N) is 1. The number of fused-ring (bicyclic) bond motifs is 1. The maximum Gasteiger partial charge on any atom is 0.210 e. The van der Waals surface area contributed by atoms with Crippen LogP contribution in [0.5, 0.6) is 0 Å². The summed E-state index contributed by atoms with van der Waals surface area (Å²) in [5, 5.41) is 12.3. The molecule has 5 heteroatoms. The van der Waals surface area contributed by atoms with E-state index in [9.17, 15) is 5.11 Å². The molecule has 5 nitrogen and oxygen atoms in total. The Balaban J connectivity index is 2.04. The predicted molar refractivity (Wildman–Crippen MR) is 73.5 cm³/mol. The fourth-order valence-corrected chi connectivity index (χ4v) is 2.11. The molecule has 0 amide bonds. The Labute approximate surface area is 110 Å². The number of benzene rings is 1. The van der Waals surface area contributed by atoms with E-state index >= 15 is 0 Å². The van der Waals surface area contributed by atoms with Crippen LogP contribution in [0.3, 0.4) is 0 Å². The summed E-state index contributed by atoms with van der Waals surface area (Å²) in [6, 6.07) is 11.6. The summed E-state index contributed by atoms with van der Waals surface area (Å²) in [5.41, 5.74) is 1.88. The van der Waals surface area contributed by atoms with Crippen molar-refractivity contribution >= 4 is 22.9 Å². The fourth-order valence-electron chi connectivity index (χ4n) is 2.11. The van der Waals surface area contributed by atoms with Crippen LogP contribution < -0.4 is 5.32 Å². The number of imidazole rings is 1. The zero-order chi connectivity index (χ0) is 13.2. The van der Waals surface area contributed by atoms with Gasteiger partial charge in [0, 0.05) is 12.6 Å². The SMILES string of the molecule is Cc1ccc(Nc2nc3ccccc3n2CCO)o1. The van der Waals surface area contributed by atoms with Crippen LogP contribution in [0.25, 0.3) is 11.0 Å². The van der Waals surface area contributed by atoms with Crippen LogP contribution in [0.4, 0.5) is 11.8 Å². The zero-order valence-electron chi connectivity index (χ0n) is 10.6. The number of aliphatic hydroxyl groups excluding tert-OH is 1. The summed E-state index contributed by atoms with van der Waals surface area (Å²) in [5.74, 6) is 2.16. The van der Waals surface area contributed by atoms with Gasteiger partial charge in [-0.25, -0.2) is 4.98 Å². The monoisotopic (exact) mass is 257 g/mol. The van der Waals surface area contributed by atoms with Crippen molar-refractivity contribution in [3.63, 3.8) is 0 Å². The number of hydrogen-bond acceptors (Lipinski definition) is 4. The minimum absolute atomic E-state index is 0.0617. The first-order valence-corrected chi connectivity index (χ1v) is 6.17. The third-order valence-electron chi connectivity index (χ3n) is 2.95. The van der Waals surface area contributed by atoms with Crippen molar-refractivity contribution < 1.29 is 9.52 Å². The largest absolute Gasteiger partial charge is 0.446 e. The van der Waals surface area contributed by atoms with Gasteiger partial charge in [0.1, 0.15) is 5.76 Å². The normalized spacial score (nSPS) is 11.1. The van der Waals surface area contributed by atoms with Gasteiger partial charge in [0.05, 0.1) is 17.6 Å². The first-order chi connectivity index (χ1) is 9.28. The van der Waals surface area contributed by atoms with Crippen molar-refractivity contribution in [2.75, 3.05) is 11.9 Å². The quantitative estimate of drug-likeness (QED) is 0.754. The third kappa shape index (κ3) is 2.20. The van der Waals surface area contributed by atoms with E-state index in [1.54, 1.807) is 0 Å². The summed E-state index contributed by atoms with van der Waals surface area (Å²) >= 11 is 0. The molecule has 0 aliphatic heterocycles. The maximum absolute atomic E-state index is 9.19. The second-order valence-electron chi connectivity index (χ2n) is 4.33. The highest BCUT2D eigenvalue weighted by Crippen LogP contribution is 2.23. The van der Waals surface area contributed by atoms with E-state index in [2.05, 4.69) is 10.3 Å². The van der Waals surface area contributed by atoms with Crippen LogP contribution in [-0.4, -0.2) is 21.3 Å². The lowest BCUT2D eigenvalue weighted by Crippen LogP contribution is -2.06. The van der Waals surface area contributed by atoms with E-state index in [1.165, 1.54) is 0 Å². The van der Waals surface area contributed by atoms with Gasteiger partial charge in [0.25, 0.3) is 0 Å². The Morgan fingerprint density at radius 3 is 2.84 bits per heavy atom. The third-order valence-corrected chi connectivity index (χ3v) is 2.95. The van der Waals surface area contributed by atoms with Crippen LogP contribution in [-0.2, 0) is 6.54 Å². The molecule has 98 valence electrons. The molecule has 0 radical (unpaired) electrons. The molecule has 0 aliphatic rings. The lowest BCUT2D eigenvalue weighted by molar-refractivity contribution is 0.278. The minimum atomic E-state index is 0.0617. The number of aryl methyl sites for hydroxylation is 1. The van der Waals surface area contributed by atoms with Gasteiger partial charge in [-0.05, 0) is 25.1 Å². The number of aliphatic hydroxyl groups is 1. The molecule has 3 rings (SSSR count). The first kappa shape index (κ1) is 11.8. The van der Waals surface area contributed by atoms with Gasteiger partial charge < -0.3 is 14.1 Å². The van der Waals surface area contributed by atoms with Gasteiger partial charge in [-0.3, -0.25) is 5.32 Å². The van der Waals surface area contributed by atoms with E-state index < -0.39 is 0 Å². The Morgan fingerprint density at radius 2 is 2.11 bits per heavy atom. The van der Waals surface area contributed by atoms with Crippen molar-refractivity contribution in [1.82, 2.24) is 9.55 Å². The lowest BCUT2D eigenvalue weighted by Gasteiger charge is -2.07. The van der Waals surface area contributed by atoms with Crippen LogP contribution in [0.1, 0.15) is 5.76 Å². The molecule has 0 aliphatic carbocycles.